The van der Waals surface area contributed by atoms with Crippen molar-refractivity contribution in [3.63, 3.8) is 0 Å². The second-order valence-electron chi connectivity index (χ2n) is 13.3. The van der Waals surface area contributed by atoms with Crippen molar-refractivity contribution >= 4 is 37.1 Å². The van der Waals surface area contributed by atoms with E-state index >= 15 is 0 Å². The lowest BCUT2D eigenvalue weighted by Gasteiger charge is -2.23. The average molecular weight is 687 g/mol. The summed E-state index contributed by atoms with van der Waals surface area (Å²) in [6.07, 6.45) is 9.00. The summed E-state index contributed by atoms with van der Waals surface area (Å²) >= 11 is 1.52. The van der Waals surface area contributed by atoms with Crippen LogP contribution in [0.3, 0.4) is 0 Å². The molecule has 0 spiro atoms. The minimum Gasteiger partial charge on any atom is -0.452 e. The summed E-state index contributed by atoms with van der Waals surface area (Å²) in [6, 6.07) is 8.21. The molecule has 0 bridgehead atoms. The smallest absolute Gasteiger partial charge is 0.414 e. The molecule has 2 atom stereocenters. The molecule has 5 aromatic rings. The Morgan fingerprint density at radius 3 is 2.73 bits per heavy atom. The Hall–Kier alpha value is -3.94. The summed E-state index contributed by atoms with van der Waals surface area (Å²) in [4.78, 5) is 15.6. The molecule has 1 fully saturated rings. The van der Waals surface area contributed by atoms with Gasteiger partial charge < -0.3 is 19.2 Å². The molecule has 48 heavy (non-hydrogen) atoms. The van der Waals surface area contributed by atoms with Crippen LogP contribution < -0.4 is 10.1 Å². The van der Waals surface area contributed by atoms with E-state index in [0.717, 1.165) is 77.5 Å². The third-order valence-electron chi connectivity index (χ3n) is 10.0. The van der Waals surface area contributed by atoms with Crippen molar-refractivity contribution in [2.45, 2.75) is 69.2 Å². The molecule has 3 aliphatic rings. The van der Waals surface area contributed by atoms with Gasteiger partial charge in [-0.2, -0.15) is 0 Å². The molecule has 1 unspecified atom stereocenters. The lowest BCUT2D eigenvalue weighted by Crippen LogP contribution is -2.17. The Morgan fingerprint density at radius 1 is 1.08 bits per heavy atom. The number of rotatable bonds is 9. The van der Waals surface area contributed by atoms with E-state index in [4.69, 9.17) is 23.9 Å². The standard InChI is InChI=1S/C35H38N6O5S2/c1-19(2)23-18-48(42,43)32-29(27-17-21-10-14-37-33(31(21)47-27)39-25-9-8-24-22(25)5-4-13-36-24)28(34-40-41-35(44-3)46-34)26(38-30(23)32)7-6-20-11-15-45-16-12-20/h4-5,10,13-14,17,19-20,23,25H,6-9,11-12,15-16,18H2,1-3H3,(H,37,39)/t23-,25?/m1/s1. The molecule has 13 heteroatoms. The summed E-state index contributed by atoms with van der Waals surface area (Å²) in [7, 11) is -2.22. The largest absolute Gasteiger partial charge is 0.452 e. The van der Waals surface area contributed by atoms with Crippen LogP contribution in [0.4, 0.5) is 5.82 Å². The monoisotopic (exact) mass is 686 g/mol. The van der Waals surface area contributed by atoms with Crippen molar-refractivity contribution < 1.29 is 22.3 Å². The minimum absolute atomic E-state index is 0.00750. The van der Waals surface area contributed by atoms with Crippen LogP contribution in [0.1, 0.15) is 74.1 Å². The fourth-order valence-corrected chi connectivity index (χ4v) is 10.9. The third-order valence-corrected chi connectivity index (χ3v) is 13.0. The van der Waals surface area contributed by atoms with Gasteiger partial charge in [-0.25, -0.2) is 13.4 Å². The molecule has 11 nitrogen and oxygen atoms in total. The zero-order valence-corrected chi connectivity index (χ0v) is 28.9. The van der Waals surface area contributed by atoms with E-state index in [-0.39, 0.29) is 40.5 Å². The van der Waals surface area contributed by atoms with Crippen molar-refractivity contribution in [1.29, 1.82) is 0 Å². The number of sulfone groups is 1. The fourth-order valence-electron chi connectivity index (χ4n) is 7.45. The zero-order chi connectivity index (χ0) is 33.0. The SMILES string of the molecule is COc1nnc(-c2c(CCC3CCOCC3)nc3c(c2-c2cc4ccnc(NC5CCc6ncccc65)c4s2)S(=O)(=O)C[C@@H]3C(C)C)o1. The number of hydrogen-bond donors (Lipinski definition) is 1. The Bertz CT molecular complexity index is 2100. The third kappa shape index (κ3) is 5.55. The maximum absolute atomic E-state index is 14.2. The lowest BCUT2D eigenvalue weighted by atomic mass is 9.89. The second kappa shape index (κ2) is 12.5. The van der Waals surface area contributed by atoms with E-state index in [0.29, 0.717) is 29.2 Å². The number of ether oxygens (including phenoxy) is 2. The number of nitrogens with zero attached hydrogens (tertiary/aromatic N) is 5. The Balaban J connectivity index is 1.32. The number of aryl methyl sites for hydroxylation is 2. The fraction of sp³-hybridized carbons (Fsp3) is 0.457. The average Bonchev–Trinajstić information content (AvgIpc) is 3.89. The van der Waals surface area contributed by atoms with Gasteiger partial charge in [-0.1, -0.05) is 25.0 Å². The normalized spacial score (nSPS) is 20.3. The van der Waals surface area contributed by atoms with Crippen molar-refractivity contribution in [3.05, 3.63) is 59.3 Å². The van der Waals surface area contributed by atoms with Crippen molar-refractivity contribution in [2.24, 2.45) is 11.8 Å². The van der Waals surface area contributed by atoms with Crippen LogP contribution in [0.5, 0.6) is 6.08 Å². The molecule has 0 radical (unpaired) electrons. The Kier molecular flexibility index (Phi) is 8.16. The van der Waals surface area contributed by atoms with Crippen LogP contribution in [-0.4, -0.2) is 59.6 Å². The summed E-state index contributed by atoms with van der Waals surface area (Å²) in [6.45, 7) is 5.64. The predicted octanol–water partition coefficient (Wildman–Crippen LogP) is 6.80. The van der Waals surface area contributed by atoms with Gasteiger partial charge in [0, 0.05) is 47.7 Å². The number of thiophene rings is 1. The first-order chi connectivity index (χ1) is 23.3. The molecule has 0 amide bonds. The summed E-state index contributed by atoms with van der Waals surface area (Å²) in [5, 5.41) is 13.1. The molecular weight excluding hydrogens is 649 g/mol. The number of hydrogen-bond acceptors (Lipinski definition) is 12. The van der Waals surface area contributed by atoms with Gasteiger partial charge in [-0.3, -0.25) is 9.97 Å². The Labute approximate surface area is 283 Å². The molecule has 0 aromatic carbocycles. The first-order valence-corrected chi connectivity index (χ1v) is 19.1. The number of nitrogens with one attached hydrogen (secondary N) is 1. The number of methoxy groups -OCH3 is 1. The first-order valence-electron chi connectivity index (χ1n) is 16.6. The van der Waals surface area contributed by atoms with Gasteiger partial charge in [0.15, 0.2) is 9.84 Å². The van der Waals surface area contributed by atoms with Gasteiger partial charge in [-0.05, 0) is 79.5 Å². The highest BCUT2D eigenvalue weighted by Crippen LogP contribution is 2.51. The van der Waals surface area contributed by atoms with Crippen LogP contribution in [0.15, 0.2) is 46.0 Å². The molecule has 5 aromatic heterocycles. The highest BCUT2D eigenvalue weighted by Gasteiger charge is 2.43. The minimum atomic E-state index is -3.69. The molecule has 2 aliphatic heterocycles. The molecule has 7 heterocycles. The first kappa shape index (κ1) is 31.3. The molecule has 1 aliphatic carbocycles. The van der Waals surface area contributed by atoms with Gasteiger partial charge in [0.2, 0.25) is 0 Å². The van der Waals surface area contributed by atoms with Crippen molar-refractivity contribution in [3.8, 4) is 28.0 Å². The van der Waals surface area contributed by atoms with E-state index in [1.54, 1.807) is 6.20 Å². The van der Waals surface area contributed by atoms with Crippen LogP contribution in [0.25, 0.3) is 32.0 Å². The predicted molar refractivity (Wildman–Crippen MR) is 183 cm³/mol. The van der Waals surface area contributed by atoms with Gasteiger partial charge in [-0.15, -0.1) is 16.4 Å². The highest BCUT2D eigenvalue weighted by atomic mass is 32.2. The van der Waals surface area contributed by atoms with Crippen molar-refractivity contribution in [1.82, 2.24) is 25.1 Å². The quantitative estimate of drug-likeness (QED) is 0.175. The van der Waals surface area contributed by atoms with Crippen LogP contribution >= 0.6 is 11.3 Å². The topological polar surface area (TPSA) is 142 Å². The van der Waals surface area contributed by atoms with Gasteiger partial charge >= 0.3 is 6.08 Å². The van der Waals surface area contributed by atoms with E-state index < -0.39 is 9.84 Å². The lowest BCUT2D eigenvalue weighted by molar-refractivity contribution is 0.0639. The molecule has 1 N–H and O–H groups in total. The van der Waals surface area contributed by atoms with Crippen molar-refractivity contribution in [2.75, 3.05) is 31.4 Å². The van der Waals surface area contributed by atoms with Crippen LogP contribution in [-0.2, 0) is 27.4 Å². The van der Waals surface area contributed by atoms with Gasteiger partial charge in [0.05, 0.1) is 45.5 Å². The molecule has 0 saturated carbocycles. The summed E-state index contributed by atoms with van der Waals surface area (Å²) < 4.78 is 46.2. The van der Waals surface area contributed by atoms with Gasteiger partial charge in [0.25, 0.3) is 5.89 Å². The molecule has 8 rings (SSSR count). The summed E-state index contributed by atoms with van der Waals surface area (Å²) in [5.74, 6) is 1.34. The number of pyridine rings is 3. The number of anilines is 1. The number of fused-ring (bicyclic) bond motifs is 3. The van der Waals surface area contributed by atoms with E-state index in [9.17, 15) is 8.42 Å². The maximum Gasteiger partial charge on any atom is 0.414 e. The molecule has 250 valence electrons. The Morgan fingerprint density at radius 2 is 1.94 bits per heavy atom. The second-order valence-corrected chi connectivity index (χ2v) is 16.3. The molecule has 1 saturated heterocycles. The zero-order valence-electron chi connectivity index (χ0n) is 27.2. The maximum atomic E-state index is 14.2. The summed E-state index contributed by atoms with van der Waals surface area (Å²) in [5.41, 5.74) is 4.86. The van der Waals surface area contributed by atoms with Crippen LogP contribution in [0, 0.1) is 11.8 Å². The molecular formula is C35H38N6O5S2. The van der Waals surface area contributed by atoms with E-state index in [1.807, 2.05) is 18.3 Å². The van der Waals surface area contributed by atoms with Crippen LogP contribution in [0.2, 0.25) is 0 Å². The van der Waals surface area contributed by atoms with Gasteiger partial charge in [0.1, 0.15) is 5.82 Å². The van der Waals surface area contributed by atoms with E-state index in [2.05, 4.69) is 46.5 Å². The number of aromatic nitrogens is 5. The highest BCUT2D eigenvalue weighted by molar-refractivity contribution is 7.92. The van der Waals surface area contributed by atoms with E-state index in [1.165, 1.54) is 24.0 Å².